The van der Waals surface area contributed by atoms with E-state index in [1.807, 2.05) is 19.1 Å². The molecular formula is C13H16O3. The van der Waals surface area contributed by atoms with E-state index in [4.69, 9.17) is 14.2 Å². The molecule has 0 N–H and O–H groups in total. The van der Waals surface area contributed by atoms with Gasteiger partial charge in [0.1, 0.15) is 5.75 Å². The number of hydrogen-bond acceptors (Lipinski definition) is 3. The van der Waals surface area contributed by atoms with E-state index in [1.165, 1.54) is 5.57 Å². The number of benzene rings is 1. The number of ether oxygens (including phenoxy) is 3. The van der Waals surface area contributed by atoms with E-state index in [-0.39, 0.29) is 0 Å². The van der Waals surface area contributed by atoms with Crippen LogP contribution in [0.5, 0.6) is 17.2 Å². The van der Waals surface area contributed by atoms with E-state index in [0.717, 1.165) is 29.2 Å². The van der Waals surface area contributed by atoms with Gasteiger partial charge in [-0.1, -0.05) is 11.6 Å². The predicted molar refractivity (Wildman–Crippen MR) is 62.3 cm³/mol. The average Bonchev–Trinajstić information content (AvgIpc) is 2.76. The Morgan fingerprint density at radius 1 is 1.44 bits per heavy atom. The summed E-state index contributed by atoms with van der Waals surface area (Å²) in [6, 6.07) is 3.86. The number of methoxy groups -OCH3 is 1. The van der Waals surface area contributed by atoms with Crippen LogP contribution in [0.15, 0.2) is 23.8 Å². The van der Waals surface area contributed by atoms with Crippen molar-refractivity contribution in [3.63, 3.8) is 0 Å². The predicted octanol–water partition coefficient (Wildman–Crippen LogP) is 2.93. The zero-order valence-electron chi connectivity index (χ0n) is 9.87. The molecule has 0 radical (unpaired) electrons. The molecule has 0 bridgehead atoms. The van der Waals surface area contributed by atoms with Gasteiger partial charge in [0.2, 0.25) is 6.79 Å². The van der Waals surface area contributed by atoms with Crippen molar-refractivity contribution in [1.29, 1.82) is 0 Å². The lowest BCUT2D eigenvalue weighted by atomic mass is 10.0. The smallest absolute Gasteiger partial charge is 0.231 e. The molecule has 1 heterocycles. The largest absolute Gasteiger partial charge is 0.497 e. The minimum absolute atomic E-state index is 0.296. The van der Waals surface area contributed by atoms with Crippen LogP contribution in [0.2, 0.25) is 0 Å². The first-order valence-corrected chi connectivity index (χ1v) is 5.33. The lowest BCUT2D eigenvalue weighted by Gasteiger charge is -2.08. The molecule has 0 spiro atoms. The molecule has 0 aliphatic carbocycles. The third kappa shape index (κ3) is 1.98. The molecule has 1 aliphatic heterocycles. The highest BCUT2D eigenvalue weighted by Crippen LogP contribution is 2.40. The molecule has 1 aliphatic rings. The second-order valence-electron chi connectivity index (χ2n) is 3.83. The van der Waals surface area contributed by atoms with Crippen molar-refractivity contribution in [3.8, 4) is 17.2 Å². The Morgan fingerprint density at radius 2 is 2.25 bits per heavy atom. The molecule has 1 aromatic rings. The van der Waals surface area contributed by atoms with Gasteiger partial charge in [-0.3, -0.25) is 0 Å². The molecule has 3 heteroatoms. The quantitative estimate of drug-likeness (QED) is 0.733. The fourth-order valence-corrected chi connectivity index (χ4v) is 1.71. The van der Waals surface area contributed by atoms with E-state index < -0.39 is 0 Å². The van der Waals surface area contributed by atoms with Crippen LogP contribution in [-0.4, -0.2) is 13.9 Å². The molecule has 0 fully saturated rings. The SMILES string of the molecule is CC=C(C)Cc1cc(OC)cc2c1OCO2. The molecule has 0 saturated heterocycles. The first-order chi connectivity index (χ1) is 7.74. The zero-order chi connectivity index (χ0) is 11.5. The third-order valence-corrected chi connectivity index (χ3v) is 2.72. The first kappa shape index (κ1) is 10.9. The summed E-state index contributed by atoms with van der Waals surface area (Å²) in [6.45, 7) is 4.43. The van der Waals surface area contributed by atoms with Gasteiger partial charge in [-0.05, 0) is 26.3 Å². The van der Waals surface area contributed by atoms with Crippen LogP contribution in [-0.2, 0) is 6.42 Å². The van der Waals surface area contributed by atoms with Gasteiger partial charge in [0.05, 0.1) is 7.11 Å². The lowest BCUT2D eigenvalue weighted by Crippen LogP contribution is -1.95. The summed E-state index contributed by atoms with van der Waals surface area (Å²) >= 11 is 0. The minimum Gasteiger partial charge on any atom is -0.497 e. The standard InChI is InChI=1S/C13H16O3/c1-4-9(2)5-10-6-11(14-3)7-12-13(10)16-8-15-12/h4,6-7H,5,8H2,1-3H3. The second kappa shape index (κ2) is 4.47. The summed E-state index contributed by atoms with van der Waals surface area (Å²) in [6.07, 6.45) is 2.96. The molecule has 1 aromatic carbocycles. The van der Waals surface area contributed by atoms with Crippen LogP contribution in [0.25, 0.3) is 0 Å². The van der Waals surface area contributed by atoms with Gasteiger partial charge in [0.25, 0.3) is 0 Å². The zero-order valence-corrected chi connectivity index (χ0v) is 9.87. The normalized spacial score (nSPS) is 14.1. The first-order valence-electron chi connectivity index (χ1n) is 5.33. The Balaban J connectivity index is 2.39. The summed E-state index contributed by atoms with van der Waals surface area (Å²) in [7, 11) is 1.66. The van der Waals surface area contributed by atoms with Crippen molar-refractivity contribution in [3.05, 3.63) is 29.3 Å². The minimum atomic E-state index is 0.296. The second-order valence-corrected chi connectivity index (χ2v) is 3.83. The fourth-order valence-electron chi connectivity index (χ4n) is 1.71. The van der Waals surface area contributed by atoms with E-state index >= 15 is 0 Å². The van der Waals surface area contributed by atoms with Crippen molar-refractivity contribution in [2.24, 2.45) is 0 Å². The number of allylic oxidation sites excluding steroid dienone is 2. The van der Waals surface area contributed by atoms with Gasteiger partial charge < -0.3 is 14.2 Å². The maximum Gasteiger partial charge on any atom is 0.231 e. The highest BCUT2D eigenvalue weighted by atomic mass is 16.7. The van der Waals surface area contributed by atoms with Crippen molar-refractivity contribution >= 4 is 0 Å². The molecular weight excluding hydrogens is 204 g/mol. The Morgan fingerprint density at radius 3 is 2.94 bits per heavy atom. The van der Waals surface area contributed by atoms with Gasteiger partial charge in [0.15, 0.2) is 11.5 Å². The summed E-state index contributed by atoms with van der Waals surface area (Å²) in [5.41, 5.74) is 2.41. The summed E-state index contributed by atoms with van der Waals surface area (Å²) in [5.74, 6) is 2.43. The van der Waals surface area contributed by atoms with Gasteiger partial charge in [-0.15, -0.1) is 0 Å². The molecule has 0 amide bonds. The molecule has 0 atom stereocenters. The van der Waals surface area contributed by atoms with Crippen LogP contribution in [0.4, 0.5) is 0 Å². The maximum absolute atomic E-state index is 5.47. The number of rotatable bonds is 3. The molecule has 16 heavy (non-hydrogen) atoms. The van der Waals surface area contributed by atoms with E-state index in [0.29, 0.717) is 6.79 Å². The molecule has 0 saturated carbocycles. The molecule has 2 rings (SSSR count). The van der Waals surface area contributed by atoms with Gasteiger partial charge >= 0.3 is 0 Å². The monoisotopic (exact) mass is 220 g/mol. The Kier molecular flexibility index (Phi) is 3.04. The third-order valence-electron chi connectivity index (χ3n) is 2.72. The van der Waals surface area contributed by atoms with E-state index in [9.17, 15) is 0 Å². The molecule has 0 unspecified atom stereocenters. The Bertz CT molecular complexity index is 421. The van der Waals surface area contributed by atoms with Gasteiger partial charge in [-0.2, -0.15) is 0 Å². The topological polar surface area (TPSA) is 27.7 Å². The highest BCUT2D eigenvalue weighted by Gasteiger charge is 2.19. The maximum atomic E-state index is 5.47. The Hall–Kier alpha value is -1.64. The summed E-state index contributed by atoms with van der Waals surface area (Å²) in [5, 5.41) is 0. The Labute approximate surface area is 95.6 Å². The van der Waals surface area contributed by atoms with Crippen LogP contribution < -0.4 is 14.2 Å². The van der Waals surface area contributed by atoms with Crippen LogP contribution in [0.1, 0.15) is 19.4 Å². The van der Waals surface area contributed by atoms with Crippen LogP contribution in [0.3, 0.4) is 0 Å². The number of fused-ring (bicyclic) bond motifs is 1. The van der Waals surface area contributed by atoms with Crippen molar-refractivity contribution in [1.82, 2.24) is 0 Å². The summed E-state index contributed by atoms with van der Waals surface area (Å²) < 4.78 is 16.1. The number of hydrogen-bond donors (Lipinski definition) is 0. The van der Waals surface area contributed by atoms with Crippen molar-refractivity contribution in [2.75, 3.05) is 13.9 Å². The average molecular weight is 220 g/mol. The fraction of sp³-hybridized carbons (Fsp3) is 0.385. The molecule has 86 valence electrons. The van der Waals surface area contributed by atoms with Crippen LogP contribution in [0, 0.1) is 0 Å². The summed E-state index contributed by atoms with van der Waals surface area (Å²) in [4.78, 5) is 0. The highest BCUT2D eigenvalue weighted by molar-refractivity contribution is 5.54. The van der Waals surface area contributed by atoms with Crippen molar-refractivity contribution < 1.29 is 14.2 Å². The molecule has 3 nitrogen and oxygen atoms in total. The lowest BCUT2D eigenvalue weighted by molar-refractivity contribution is 0.173. The van der Waals surface area contributed by atoms with Crippen LogP contribution >= 0.6 is 0 Å². The van der Waals surface area contributed by atoms with Gasteiger partial charge in [-0.25, -0.2) is 0 Å². The van der Waals surface area contributed by atoms with Gasteiger partial charge in [0, 0.05) is 11.6 Å². The van der Waals surface area contributed by atoms with E-state index in [2.05, 4.69) is 13.0 Å². The molecule has 0 aromatic heterocycles. The van der Waals surface area contributed by atoms with E-state index in [1.54, 1.807) is 7.11 Å². The van der Waals surface area contributed by atoms with Crippen molar-refractivity contribution in [2.45, 2.75) is 20.3 Å².